The van der Waals surface area contributed by atoms with Crippen LogP contribution in [0.25, 0.3) is 0 Å². The molecule has 25 heavy (non-hydrogen) atoms. The molecule has 0 fully saturated rings. The predicted octanol–water partition coefficient (Wildman–Crippen LogP) is 4.44. The Morgan fingerprint density at radius 2 is 1.72 bits per heavy atom. The Labute approximate surface area is 155 Å². The number of Topliss-reactive ketones (excluding diaryl/α,β-unsaturated/α-hetero) is 1. The highest BCUT2D eigenvalue weighted by atomic mass is 35.5. The molecule has 0 saturated carbocycles. The predicted molar refractivity (Wildman–Crippen MR) is 95.2 cm³/mol. The summed E-state index contributed by atoms with van der Waals surface area (Å²) in [7, 11) is 1.44. The van der Waals surface area contributed by atoms with Gasteiger partial charge in [-0.25, -0.2) is 4.79 Å². The Hall–Kier alpha value is -2.24. The molecule has 7 heteroatoms. The Bertz CT molecular complexity index is 772. The molecule has 0 aliphatic rings. The SMILES string of the molecule is CCOc1c(Cl)cc(C(=O)OCC(=O)c2ccc(Cl)cc2)cc1OC. The third-order valence-electron chi connectivity index (χ3n) is 3.25. The van der Waals surface area contributed by atoms with Crippen LogP contribution in [0.2, 0.25) is 10.0 Å². The molecule has 0 atom stereocenters. The number of carbonyl (C=O) groups excluding carboxylic acids is 2. The van der Waals surface area contributed by atoms with Crippen molar-refractivity contribution in [2.45, 2.75) is 6.92 Å². The van der Waals surface area contributed by atoms with Crippen LogP contribution < -0.4 is 9.47 Å². The minimum atomic E-state index is -0.689. The van der Waals surface area contributed by atoms with Gasteiger partial charge in [0.2, 0.25) is 0 Å². The molecule has 0 spiro atoms. The molecule has 0 aliphatic carbocycles. The normalized spacial score (nSPS) is 10.2. The van der Waals surface area contributed by atoms with Crippen molar-refractivity contribution in [1.82, 2.24) is 0 Å². The van der Waals surface area contributed by atoms with Gasteiger partial charge in [0.15, 0.2) is 23.9 Å². The van der Waals surface area contributed by atoms with Crippen molar-refractivity contribution in [3.8, 4) is 11.5 Å². The summed E-state index contributed by atoms with van der Waals surface area (Å²) in [6.45, 7) is 1.81. The van der Waals surface area contributed by atoms with Gasteiger partial charge in [0.25, 0.3) is 0 Å². The molecule has 0 heterocycles. The van der Waals surface area contributed by atoms with E-state index in [1.807, 2.05) is 0 Å². The van der Waals surface area contributed by atoms with Crippen LogP contribution >= 0.6 is 23.2 Å². The van der Waals surface area contributed by atoms with Gasteiger partial charge in [-0.3, -0.25) is 4.79 Å². The summed E-state index contributed by atoms with van der Waals surface area (Å²) in [4.78, 5) is 24.2. The summed E-state index contributed by atoms with van der Waals surface area (Å²) in [5.74, 6) is -0.370. The van der Waals surface area contributed by atoms with Crippen molar-refractivity contribution in [2.75, 3.05) is 20.3 Å². The minimum absolute atomic E-state index is 0.161. The first-order valence-corrected chi connectivity index (χ1v) is 8.18. The number of hydrogen-bond donors (Lipinski definition) is 0. The average Bonchev–Trinajstić information content (AvgIpc) is 2.61. The summed E-state index contributed by atoms with van der Waals surface area (Å²) >= 11 is 11.9. The van der Waals surface area contributed by atoms with Crippen molar-refractivity contribution in [2.24, 2.45) is 0 Å². The van der Waals surface area contributed by atoms with Gasteiger partial charge in [-0.2, -0.15) is 0 Å². The molecule has 0 saturated heterocycles. The number of esters is 1. The van der Waals surface area contributed by atoms with Crippen LogP contribution in [-0.2, 0) is 4.74 Å². The van der Waals surface area contributed by atoms with Crippen LogP contribution in [-0.4, -0.2) is 32.1 Å². The molecule has 132 valence electrons. The van der Waals surface area contributed by atoms with E-state index in [9.17, 15) is 9.59 Å². The van der Waals surface area contributed by atoms with Gasteiger partial charge in [-0.1, -0.05) is 23.2 Å². The zero-order valence-electron chi connectivity index (χ0n) is 13.7. The second-order valence-electron chi connectivity index (χ2n) is 4.93. The third-order valence-corrected chi connectivity index (χ3v) is 3.79. The number of methoxy groups -OCH3 is 1. The molecule has 0 radical (unpaired) electrons. The Kier molecular flexibility index (Phi) is 6.67. The highest BCUT2D eigenvalue weighted by molar-refractivity contribution is 6.32. The molecule has 0 unspecified atom stereocenters. The smallest absolute Gasteiger partial charge is 0.338 e. The van der Waals surface area contributed by atoms with Gasteiger partial charge < -0.3 is 14.2 Å². The van der Waals surface area contributed by atoms with Gasteiger partial charge in [0.05, 0.1) is 24.3 Å². The minimum Gasteiger partial charge on any atom is -0.493 e. The monoisotopic (exact) mass is 382 g/mol. The van der Waals surface area contributed by atoms with Crippen molar-refractivity contribution in [3.05, 3.63) is 57.6 Å². The van der Waals surface area contributed by atoms with Crippen LogP contribution in [0.15, 0.2) is 36.4 Å². The molecule has 0 N–H and O–H groups in total. The Morgan fingerprint density at radius 3 is 2.32 bits per heavy atom. The van der Waals surface area contributed by atoms with E-state index in [4.69, 9.17) is 37.4 Å². The van der Waals surface area contributed by atoms with E-state index in [-0.39, 0.29) is 16.4 Å². The average molecular weight is 383 g/mol. The standard InChI is InChI=1S/C18H16Cl2O5/c1-3-24-17-14(20)8-12(9-16(17)23-2)18(22)25-10-15(21)11-4-6-13(19)7-5-11/h4-9H,3,10H2,1-2H3. The van der Waals surface area contributed by atoms with Gasteiger partial charge in [-0.05, 0) is 43.3 Å². The lowest BCUT2D eigenvalue weighted by molar-refractivity contribution is 0.0474. The van der Waals surface area contributed by atoms with Gasteiger partial charge in [-0.15, -0.1) is 0 Å². The maximum atomic E-state index is 12.2. The Balaban J connectivity index is 2.09. The van der Waals surface area contributed by atoms with Crippen LogP contribution in [0, 0.1) is 0 Å². The number of benzene rings is 2. The highest BCUT2D eigenvalue weighted by Gasteiger charge is 2.18. The van der Waals surface area contributed by atoms with Crippen LogP contribution in [0.1, 0.15) is 27.6 Å². The fourth-order valence-corrected chi connectivity index (χ4v) is 2.45. The number of halogens is 2. The number of hydrogen-bond acceptors (Lipinski definition) is 5. The second-order valence-corrected chi connectivity index (χ2v) is 5.77. The molecule has 2 aromatic rings. The molecular formula is C18H16Cl2O5. The van der Waals surface area contributed by atoms with E-state index in [1.54, 1.807) is 31.2 Å². The molecule has 0 bridgehead atoms. The van der Waals surface area contributed by atoms with Crippen molar-refractivity contribution in [3.63, 3.8) is 0 Å². The summed E-state index contributed by atoms with van der Waals surface area (Å²) in [5, 5.41) is 0.738. The molecule has 0 amide bonds. The molecule has 0 aromatic heterocycles. The van der Waals surface area contributed by atoms with E-state index in [1.165, 1.54) is 19.2 Å². The van der Waals surface area contributed by atoms with E-state index in [2.05, 4.69) is 0 Å². The topological polar surface area (TPSA) is 61.8 Å². The lowest BCUT2D eigenvalue weighted by atomic mass is 10.1. The van der Waals surface area contributed by atoms with Crippen LogP contribution in [0.3, 0.4) is 0 Å². The van der Waals surface area contributed by atoms with Crippen LogP contribution in [0.5, 0.6) is 11.5 Å². The maximum Gasteiger partial charge on any atom is 0.338 e. The molecule has 5 nitrogen and oxygen atoms in total. The molecular weight excluding hydrogens is 367 g/mol. The van der Waals surface area contributed by atoms with Crippen molar-refractivity contribution in [1.29, 1.82) is 0 Å². The first-order valence-electron chi connectivity index (χ1n) is 7.42. The number of ether oxygens (including phenoxy) is 3. The zero-order chi connectivity index (χ0) is 18.4. The first-order chi connectivity index (χ1) is 12.0. The van der Waals surface area contributed by atoms with Gasteiger partial charge >= 0.3 is 5.97 Å². The quantitative estimate of drug-likeness (QED) is 0.523. The summed E-state index contributed by atoms with van der Waals surface area (Å²) < 4.78 is 15.6. The summed E-state index contributed by atoms with van der Waals surface area (Å²) in [6, 6.07) is 9.17. The second kappa shape index (κ2) is 8.74. The number of ketones is 1. The van der Waals surface area contributed by atoms with Crippen LogP contribution in [0.4, 0.5) is 0 Å². The highest BCUT2D eigenvalue weighted by Crippen LogP contribution is 2.36. The lowest BCUT2D eigenvalue weighted by Gasteiger charge is -2.12. The van der Waals surface area contributed by atoms with Crippen molar-refractivity contribution < 1.29 is 23.8 Å². The molecule has 0 aliphatic heterocycles. The number of carbonyl (C=O) groups is 2. The summed E-state index contributed by atoms with van der Waals surface area (Å²) in [6.07, 6.45) is 0. The Morgan fingerprint density at radius 1 is 1.04 bits per heavy atom. The van der Waals surface area contributed by atoms with Gasteiger partial charge in [0.1, 0.15) is 0 Å². The van der Waals surface area contributed by atoms with E-state index in [0.29, 0.717) is 28.7 Å². The number of rotatable bonds is 7. The molecule has 2 rings (SSSR count). The fraction of sp³-hybridized carbons (Fsp3) is 0.222. The fourth-order valence-electron chi connectivity index (χ4n) is 2.06. The lowest BCUT2D eigenvalue weighted by Crippen LogP contribution is -2.14. The maximum absolute atomic E-state index is 12.2. The van der Waals surface area contributed by atoms with E-state index in [0.717, 1.165) is 0 Å². The van der Waals surface area contributed by atoms with Gasteiger partial charge in [0, 0.05) is 10.6 Å². The molecule has 2 aromatic carbocycles. The van der Waals surface area contributed by atoms with E-state index >= 15 is 0 Å². The summed E-state index contributed by atoms with van der Waals surface area (Å²) in [5.41, 5.74) is 0.564. The van der Waals surface area contributed by atoms with Crippen molar-refractivity contribution >= 4 is 35.0 Å². The van der Waals surface area contributed by atoms with E-state index < -0.39 is 12.6 Å². The zero-order valence-corrected chi connectivity index (χ0v) is 15.2. The third kappa shape index (κ3) is 4.87. The largest absolute Gasteiger partial charge is 0.493 e. The first kappa shape index (κ1) is 19.1.